The van der Waals surface area contributed by atoms with Crippen molar-refractivity contribution < 1.29 is 9.21 Å². The minimum absolute atomic E-state index is 0.121. The molecule has 0 bridgehead atoms. The van der Waals surface area contributed by atoms with E-state index in [2.05, 4.69) is 5.32 Å². The summed E-state index contributed by atoms with van der Waals surface area (Å²) in [5, 5.41) is 3.52. The molecule has 0 aliphatic heterocycles. The molecular formula is C15H17NO2S. The van der Waals surface area contributed by atoms with Crippen molar-refractivity contribution in [2.75, 3.05) is 11.1 Å². The van der Waals surface area contributed by atoms with Crippen LogP contribution in [0, 0.1) is 0 Å². The minimum atomic E-state index is -0.121. The Bertz CT molecular complexity index is 496. The molecule has 0 aliphatic carbocycles. The van der Waals surface area contributed by atoms with Crippen LogP contribution in [0.15, 0.2) is 53.1 Å². The van der Waals surface area contributed by atoms with Gasteiger partial charge >= 0.3 is 0 Å². The molecule has 0 saturated carbocycles. The summed E-state index contributed by atoms with van der Waals surface area (Å²) in [6.07, 6.45) is 2.05. The average Bonchev–Trinajstić information content (AvgIpc) is 2.93. The summed E-state index contributed by atoms with van der Waals surface area (Å²) in [6, 6.07) is 13.5. The van der Waals surface area contributed by atoms with Crippen LogP contribution in [0.5, 0.6) is 0 Å². The van der Waals surface area contributed by atoms with Gasteiger partial charge in [-0.1, -0.05) is 36.9 Å². The first kappa shape index (κ1) is 13.7. The van der Waals surface area contributed by atoms with Crippen molar-refractivity contribution in [2.24, 2.45) is 0 Å². The largest absolute Gasteiger partial charge is 0.467 e. The Morgan fingerprint density at radius 1 is 1.26 bits per heavy atom. The number of benzene rings is 1. The number of anilines is 1. The quantitative estimate of drug-likeness (QED) is 0.861. The van der Waals surface area contributed by atoms with E-state index in [1.807, 2.05) is 49.4 Å². The van der Waals surface area contributed by atoms with Gasteiger partial charge in [-0.05, 0) is 30.0 Å². The van der Waals surface area contributed by atoms with Crippen molar-refractivity contribution >= 4 is 22.6 Å². The van der Waals surface area contributed by atoms with Gasteiger partial charge in [0, 0.05) is 12.1 Å². The van der Waals surface area contributed by atoms with Crippen molar-refractivity contribution in [1.82, 2.24) is 0 Å². The number of hydrogen-bond donors (Lipinski definition) is 1. The Balaban J connectivity index is 2.09. The van der Waals surface area contributed by atoms with Gasteiger partial charge in [-0.2, -0.15) is 0 Å². The van der Waals surface area contributed by atoms with Crippen molar-refractivity contribution in [1.29, 1.82) is 0 Å². The van der Waals surface area contributed by atoms with E-state index in [0.29, 0.717) is 6.42 Å². The summed E-state index contributed by atoms with van der Waals surface area (Å²) in [7, 11) is 0. The third-order valence-electron chi connectivity index (χ3n) is 2.68. The highest BCUT2D eigenvalue weighted by molar-refractivity contribution is 8.13. The summed E-state index contributed by atoms with van der Waals surface area (Å²) < 4.78 is 5.42. The van der Waals surface area contributed by atoms with Crippen LogP contribution in [-0.4, -0.2) is 10.9 Å². The first-order valence-electron chi connectivity index (χ1n) is 6.30. The maximum absolute atomic E-state index is 11.8. The Kier molecular flexibility index (Phi) is 5.10. The second kappa shape index (κ2) is 7.04. The number of para-hydroxylation sites is 1. The standard InChI is InChI=1S/C15H17NO2S/c1-2-19-15(17)11-13(14-9-6-10-18-14)16-12-7-4-3-5-8-12/h3-10,13,16H,2,11H2,1H3. The van der Waals surface area contributed by atoms with Crippen LogP contribution in [0.1, 0.15) is 25.1 Å². The van der Waals surface area contributed by atoms with Crippen LogP contribution in [0.2, 0.25) is 0 Å². The van der Waals surface area contributed by atoms with Gasteiger partial charge in [0.05, 0.1) is 12.3 Å². The molecule has 4 heteroatoms. The van der Waals surface area contributed by atoms with E-state index >= 15 is 0 Å². The molecule has 3 nitrogen and oxygen atoms in total. The minimum Gasteiger partial charge on any atom is -0.467 e. The maximum Gasteiger partial charge on any atom is 0.191 e. The zero-order valence-corrected chi connectivity index (χ0v) is 11.7. The number of rotatable bonds is 6. The zero-order chi connectivity index (χ0) is 13.5. The lowest BCUT2D eigenvalue weighted by Gasteiger charge is -2.17. The molecule has 0 spiro atoms. The first-order valence-corrected chi connectivity index (χ1v) is 7.28. The number of thioether (sulfide) groups is 1. The molecule has 2 rings (SSSR count). The van der Waals surface area contributed by atoms with Gasteiger partial charge in [-0.3, -0.25) is 4.79 Å². The van der Waals surface area contributed by atoms with E-state index in [0.717, 1.165) is 17.2 Å². The molecule has 0 fully saturated rings. The van der Waals surface area contributed by atoms with Crippen LogP contribution >= 0.6 is 11.8 Å². The van der Waals surface area contributed by atoms with Crippen molar-refractivity contribution in [3.63, 3.8) is 0 Å². The van der Waals surface area contributed by atoms with Crippen molar-refractivity contribution in [3.05, 3.63) is 54.5 Å². The van der Waals surface area contributed by atoms with Gasteiger partial charge in [0.1, 0.15) is 5.76 Å². The lowest BCUT2D eigenvalue weighted by Crippen LogP contribution is -2.13. The Labute approximate surface area is 117 Å². The molecule has 19 heavy (non-hydrogen) atoms. The van der Waals surface area contributed by atoms with E-state index in [-0.39, 0.29) is 11.2 Å². The Hall–Kier alpha value is -1.68. The van der Waals surface area contributed by atoms with Crippen LogP contribution in [0.3, 0.4) is 0 Å². The normalized spacial score (nSPS) is 12.1. The molecule has 1 N–H and O–H groups in total. The Morgan fingerprint density at radius 2 is 2.05 bits per heavy atom. The van der Waals surface area contributed by atoms with E-state index in [1.165, 1.54) is 11.8 Å². The summed E-state index contributed by atoms with van der Waals surface area (Å²) in [5.74, 6) is 1.59. The molecule has 1 heterocycles. The topological polar surface area (TPSA) is 42.2 Å². The highest BCUT2D eigenvalue weighted by Crippen LogP contribution is 2.25. The fraction of sp³-hybridized carbons (Fsp3) is 0.267. The van der Waals surface area contributed by atoms with Crippen molar-refractivity contribution in [3.8, 4) is 0 Å². The predicted molar refractivity (Wildman–Crippen MR) is 79.3 cm³/mol. The van der Waals surface area contributed by atoms with Crippen LogP contribution in [0.4, 0.5) is 5.69 Å². The first-order chi connectivity index (χ1) is 9.29. The lowest BCUT2D eigenvalue weighted by molar-refractivity contribution is -0.111. The van der Waals surface area contributed by atoms with Gasteiger partial charge < -0.3 is 9.73 Å². The van der Waals surface area contributed by atoms with Crippen LogP contribution in [0.25, 0.3) is 0 Å². The lowest BCUT2D eigenvalue weighted by atomic mass is 10.1. The number of hydrogen-bond acceptors (Lipinski definition) is 4. The third kappa shape index (κ3) is 4.17. The summed E-state index contributed by atoms with van der Waals surface area (Å²) in [6.45, 7) is 1.98. The summed E-state index contributed by atoms with van der Waals surface area (Å²) >= 11 is 1.35. The highest BCUT2D eigenvalue weighted by Gasteiger charge is 2.18. The molecule has 1 aromatic heterocycles. The number of nitrogens with one attached hydrogen (secondary N) is 1. The van der Waals surface area contributed by atoms with Crippen LogP contribution in [-0.2, 0) is 4.79 Å². The molecule has 2 aromatic rings. The van der Waals surface area contributed by atoms with Gasteiger partial charge in [0.2, 0.25) is 0 Å². The van der Waals surface area contributed by atoms with E-state index in [4.69, 9.17) is 4.42 Å². The molecular weight excluding hydrogens is 258 g/mol. The maximum atomic E-state index is 11.8. The Morgan fingerprint density at radius 3 is 2.68 bits per heavy atom. The number of carbonyl (C=O) groups excluding carboxylic acids is 1. The summed E-state index contributed by atoms with van der Waals surface area (Å²) in [4.78, 5) is 11.8. The van der Waals surface area contributed by atoms with E-state index < -0.39 is 0 Å². The average molecular weight is 275 g/mol. The molecule has 0 radical (unpaired) electrons. The fourth-order valence-corrected chi connectivity index (χ4v) is 2.44. The predicted octanol–water partition coefficient (Wildman–Crippen LogP) is 4.10. The second-order valence-corrected chi connectivity index (χ2v) is 5.41. The van der Waals surface area contributed by atoms with Gasteiger partial charge in [0.15, 0.2) is 5.12 Å². The van der Waals surface area contributed by atoms with E-state index in [9.17, 15) is 4.79 Å². The zero-order valence-electron chi connectivity index (χ0n) is 10.8. The molecule has 0 aliphatic rings. The number of carbonyl (C=O) groups is 1. The fourth-order valence-electron chi connectivity index (χ4n) is 1.83. The van der Waals surface area contributed by atoms with E-state index in [1.54, 1.807) is 6.26 Å². The molecule has 0 saturated heterocycles. The molecule has 1 unspecified atom stereocenters. The van der Waals surface area contributed by atoms with Gasteiger partial charge in [-0.25, -0.2) is 0 Å². The SMILES string of the molecule is CCSC(=O)CC(Nc1ccccc1)c1ccco1. The number of furan rings is 1. The molecule has 1 aromatic carbocycles. The monoisotopic (exact) mass is 275 g/mol. The van der Waals surface area contributed by atoms with Gasteiger partial charge in [0.25, 0.3) is 0 Å². The highest BCUT2D eigenvalue weighted by atomic mass is 32.2. The molecule has 0 amide bonds. The molecule has 1 atom stereocenters. The summed E-state index contributed by atoms with van der Waals surface area (Å²) in [5.41, 5.74) is 0.984. The second-order valence-electron chi connectivity index (χ2n) is 4.09. The third-order valence-corrected chi connectivity index (χ3v) is 3.45. The molecule has 100 valence electrons. The van der Waals surface area contributed by atoms with Crippen molar-refractivity contribution in [2.45, 2.75) is 19.4 Å². The smallest absolute Gasteiger partial charge is 0.191 e. The van der Waals surface area contributed by atoms with Crippen LogP contribution < -0.4 is 5.32 Å². The van der Waals surface area contributed by atoms with Gasteiger partial charge in [-0.15, -0.1) is 0 Å².